The maximum Gasteiger partial charge on any atom is 0.253 e. The van der Waals surface area contributed by atoms with Crippen LogP contribution in [0.2, 0.25) is 0 Å². The molecule has 1 fully saturated rings. The van der Waals surface area contributed by atoms with Gasteiger partial charge in [-0.1, -0.05) is 62.6 Å². The van der Waals surface area contributed by atoms with E-state index < -0.39 is 48.3 Å². The molecule has 0 aliphatic carbocycles. The minimum absolute atomic E-state index is 0.0789. The van der Waals surface area contributed by atoms with E-state index in [-0.39, 0.29) is 62.9 Å². The maximum absolute atomic E-state index is 13.4. The molecule has 8 N–H and O–H groups in total. The van der Waals surface area contributed by atoms with Crippen LogP contribution < -0.4 is 37.6 Å². The summed E-state index contributed by atoms with van der Waals surface area (Å²) in [5, 5.41) is 16.3. The molecule has 21 heteroatoms. The van der Waals surface area contributed by atoms with Crippen LogP contribution in [0.4, 0.5) is 11.8 Å². The number of anilines is 2. The minimum atomic E-state index is -1.09. The number of nitrogens with two attached hydrogens (primary N) is 1. The molecular formula is C50H65N13O8. The van der Waals surface area contributed by atoms with Crippen molar-refractivity contribution < 1.29 is 38.3 Å². The number of fused-ring (bicyclic) bond motifs is 1. The van der Waals surface area contributed by atoms with Crippen molar-refractivity contribution in [2.24, 2.45) is 0 Å². The number of aromatic nitrogens is 4. The Kier molecular flexibility index (Phi) is 19.8. The lowest BCUT2D eigenvalue weighted by atomic mass is 9.95. The largest absolute Gasteiger partial charge is 0.368 e. The van der Waals surface area contributed by atoms with Gasteiger partial charge >= 0.3 is 0 Å². The van der Waals surface area contributed by atoms with Crippen molar-refractivity contribution in [2.75, 3.05) is 63.7 Å². The van der Waals surface area contributed by atoms with Crippen LogP contribution in [0.3, 0.4) is 0 Å². The Balaban J connectivity index is 0.933. The van der Waals surface area contributed by atoms with E-state index in [1.807, 2.05) is 37.4 Å². The molecule has 1 saturated heterocycles. The standard InChI is InChI=1S/C50H65N13O8/c1-3-4-20-50(2,61-47-46-38(59-49(51)60-47)25-36(27-55-46)35-16-17-37(52-26-35)31-62-21-11-12-22-62)32-71-33-57-42(66)29-56-48(70)39(24-34-13-7-5-8-14-34)58-43(67)30-54-41(65)28-53-40(64)15-9-6-10-23-63-44(68)18-19-45(63)69/h5,7-8,13-14,16-19,25-27,39H,3-4,6,9-12,15,20-24,28-33H2,1-2H3,(H,53,64)(H,54,65)(H,56,70)(H,57,66)(H,58,67)(H3,51,59,60,61)/t39-,50+/m0/s1. The van der Waals surface area contributed by atoms with Crippen LogP contribution in [0.1, 0.15) is 82.9 Å². The average molecular weight is 976 g/mol. The van der Waals surface area contributed by atoms with E-state index in [1.54, 1.807) is 30.5 Å². The van der Waals surface area contributed by atoms with Crippen LogP contribution in [0.25, 0.3) is 22.2 Å². The highest BCUT2D eigenvalue weighted by Crippen LogP contribution is 2.29. The fourth-order valence-electron chi connectivity index (χ4n) is 8.12. The van der Waals surface area contributed by atoms with Crippen molar-refractivity contribution >= 4 is 64.1 Å². The molecule has 0 saturated carbocycles. The van der Waals surface area contributed by atoms with E-state index in [2.05, 4.69) is 53.7 Å². The number of nitrogen functional groups attached to an aromatic ring is 1. The van der Waals surface area contributed by atoms with Gasteiger partial charge in [-0.3, -0.25) is 53.3 Å². The quantitative estimate of drug-likeness (QED) is 0.0244. The second-order valence-electron chi connectivity index (χ2n) is 18.0. The van der Waals surface area contributed by atoms with Crippen molar-refractivity contribution in [2.45, 2.75) is 96.2 Å². The lowest BCUT2D eigenvalue weighted by Crippen LogP contribution is -2.52. The smallest absolute Gasteiger partial charge is 0.253 e. The predicted molar refractivity (Wildman–Crippen MR) is 265 cm³/mol. The van der Waals surface area contributed by atoms with Crippen molar-refractivity contribution in [3.63, 3.8) is 0 Å². The van der Waals surface area contributed by atoms with E-state index in [0.717, 1.165) is 59.8 Å². The summed E-state index contributed by atoms with van der Waals surface area (Å²) in [5.74, 6) is -2.97. The van der Waals surface area contributed by atoms with Crippen LogP contribution in [-0.2, 0) is 51.3 Å². The lowest BCUT2D eigenvalue weighted by Gasteiger charge is -2.31. The summed E-state index contributed by atoms with van der Waals surface area (Å²) in [6, 6.07) is 13.9. The Labute approximate surface area is 412 Å². The van der Waals surface area contributed by atoms with Crippen molar-refractivity contribution in [1.82, 2.24) is 56.3 Å². The number of rotatable bonds is 28. The van der Waals surface area contributed by atoms with Crippen LogP contribution in [0.5, 0.6) is 0 Å². The Morgan fingerprint density at radius 3 is 2.23 bits per heavy atom. The van der Waals surface area contributed by atoms with E-state index in [1.165, 1.54) is 25.0 Å². The number of nitrogens with zero attached hydrogens (tertiary/aromatic N) is 6. The van der Waals surface area contributed by atoms with Crippen LogP contribution >= 0.6 is 0 Å². The Bertz CT molecular complexity index is 2500. The van der Waals surface area contributed by atoms with Crippen LogP contribution in [-0.4, -0.2) is 135 Å². The summed E-state index contributed by atoms with van der Waals surface area (Å²) in [5.41, 5.74) is 10.2. The maximum atomic E-state index is 13.4. The molecule has 378 valence electrons. The van der Waals surface area contributed by atoms with E-state index in [9.17, 15) is 33.6 Å². The molecule has 7 amide bonds. The van der Waals surface area contributed by atoms with Gasteiger partial charge in [-0.25, -0.2) is 4.98 Å². The van der Waals surface area contributed by atoms with Gasteiger partial charge in [-0.15, -0.1) is 0 Å². The number of ether oxygens (including phenoxy) is 1. The first-order valence-electron chi connectivity index (χ1n) is 24.2. The Morgan fingerprint density at radius 2 is 1.49 bits per heavy atom. The number of nitrogens with one attached hydrogen (secondary N) is 6. The number of carbonyl (C=O) groups excluding carboxylic acids is 7. The Morgan fingerprint density at radius 1 is 0.789 bits per heavy atom. The number of amides is 7. The van der Waals surface area contributed by atoms with Gasteiger partial charge in [-0.2, -0.15) is 4.98 Å². The van der Waals surface area contributed by atoms with Gasteiger partial charge in [0, 0.05) is 61.6 Å². The van der Waals surface area contributed by atoms with E-state index in [4.69, 9.17) is 20.4 Å². The van der Waals surface area contributed by atoms with Gasteiger partial charge in [0.05, 0.1) is 43.0 Å². The molecule has 21 nitrogen and oxygen atoms in total. The molecule has 2 atom stereocenters. The van der Waals surface area contributed by atoms with Crippen molar-refractivity contribution in [3.8, 4) is 11.1 Å². The van der Waals surface area contributed by atoms with Gasteiger partial charge < -0.3 is 42.4 Å². The molecule has 2 aliphatic heterocycles. The van der Waals surface area contributed by atoms with Gasteiger partial charge in [0.1, 0.15) is 18.3 Å². The van der Waals surface area contributed by atoms with Gasteiger partial charge in [-0.05, 0) is 69.8 Å². The first kappa shape index (κ1) is 53.0. The highest BCUT2D eigenvalue weighted by Gasteiger charge is 2.28. The fraction of sp³-hybridized carbons (Fsp3) is 0.460. The topological polar surface area (TPSA) is 285 Å². The summed E-state index contributed by atoms with van der Waals surface area (Å²) in [6.07, 6.45) is 12.9. The summed E-state index contributed by atoms with van der Waals surface area (Å²) in [7, 11) is 0. The molecule has 0 unspecified atom stereocenters. The summed E-state index contributed by atoms with van der Waals surface area (Å²) in [6.45, 7) is 6.14. The number of imide groups is 1. The number of benzene rings is 1. The average Bonchev–Trinajstić information content (AvgIpc) is 4.00. The second kappa shape index (κ2) is 26.6. The van der Waals surface area contributed by atoms with Crippen molar-refractivity contribution in [3.05, 3.63) is 84.3 Å². The SMILES string of the molecule is CCCC[C@](C)(COCNC(=O)CNC(=O)[C@H](Cc1ccccc1)NC(=O)CNC(=O)CNC(=O)CCCCCN1C(=O)C=CC1=O)Nc1nc(N)nc2cc(-c3ccc(CN4CCCC4)nc3)cnc12. The normalized spacial score (nSPS) is 14.8. The number of hydrogen-bond acceptors (Lipinski definition) is 15. The van der Waals surface area contributed by atoms with Gasteiger partial charge in [0.25, 0.3) is 11.8 Å². The summed E-state index contributed by atoms with van der Waals surface area (Å²) < 4.78 is 5.97. The minimum Gasteiger partial charge on any atom is -0.368 e. The molecule has 6 rings (SSSR count). The first-order chi connectivity index (χ1) is 34.3. The molecule has 0 radical (unpaired) electrons. The highest BCUT2D eigenvalue weighted by atomic mass is 16.5. The molecular weight excluding hydrogens is 911 g/mol. The monoisotopic (exact) mass is 976 g/mol. The highest BCUT2D eigenvalue weighted by molar-refractivity contribution is 6.12. The zero-order valence-corrected chi connectivity index (χ0v) is 40.5. The number of unbranched alkanes of at least 4 members (excludes halogenated alkanes) is 3. The first-order valence-corrected chi connectivity index (χ1v) is 24.2. The van der Waals surface area contributed by atoms with E-state index >= 15 is 0 Å². The molecule has 0 bridgehead atoms. The van der Waals surface area contributed by atoms with Crippen LogP contribution in [0.15, 0.2) is 73.1 Å². The molecule has 3 aromatic heterocycles. The third-order valence-corrected chi connectivity index (χ3v) is 12.0. The summed E-state index contributed by atoms with van der Waals surface area (Å²) >= 11 is 0. The molecule has 1 aromatic carbocycles. The lowest BCUT2D eigenvalue weighted by molar-refractivity contribution is -0.137. The predicted octanol–water partition coefficient (Wildman–Crippen LogP) is 2.28. The zero-order valence-electron chi connectivity index (χ0n) is 40.5. The van der Waals surface area contributed by atoms with Crippen LogP contribution in [0, 0.1) is 0 Å². The fourth-order valence-corrected chi connectivity index (χ4v) is 8.12. The summed E-state index contributed by atoms with van der Waals surface area (Å²) in [4.78, 5) is 109. The molecule has 5 heterocycles. The van der Waals surface area contributed by atoms with Gasteiger partial charge in [0.15, 0.2) is 5.82 Å². The Hall–Kier alpha value is -7.39. The van der Waals surface area contributed by atoms with Crippen molar-refractivity contribution in [1.29, 1.82) is 0 Å². The molecule has 4 aromatic rings. The number of pyridine rings is 2. The second-order valence-corrected chi connectivity index (χ2v) is 18.0. The van der Waals surface area contributed by atoms with E-state index in [0.29, 0.717) is 42.5 Å². The molecule has 71 heavy (non-hydrogen) atoms. The third kappa shape index (κ3) is 16.9. The number of hydrogen-bond donors (Lipinski definition) is 7. The number of likely N-dealkylation sites (tertiary alicyclic amines) is 1. The zero-order chi connectivity index (χ0) is 50.6. The molecule has 0 spiro atoms. The third-order valence-electron chi connectivity index (χ3n) is 12.0. The number of carbonyl (C=O) groups is 7. The van der Waals surface area contributed by atoms with Gasteiger partial charge in [0.2, 0.25) is 35.5 Å². The molecule has 2 aliphatic rings.